The predicted molar refractivity (Wildman–Crippen MR) is 78.9 cm³/mol. The summed E-state index contributed by atoms with van der Waals surface area (Å²) in [6.45, 7) is 2.74. The van der Waals surface area contributed by atoms with Crippen LogP contribution in [0.25, 0.3) is 0 Å². The average Bonchev–Trinajstić information content (AvgIpc) is 2.41. The second-order valence-electron chi connectivity index (χ2n) is 5.11. The fraction of sp³-hybridized carbons (Fsp3) is 0.250. The summed E-state index contributed by atoms with van der Waals surface area (Å²) in [6.07, 6.45) is 0. The van der Waals surface area contributed by atoms with Gasteiger partial charge in [-0.15, -0.1) is 0 Å². The lowest BCUT2D eigenvalue weighted by Crippen LogP contribution is -2.28. The van der Waals surface area contributed by atoms with Gasteiger partial charge in [0.25, 0.3) is 0 Å². The van der Waals surface area contributed by atoms with Crippen LogP contribution in [0.4, 0.5) is 10.1 Å². The van der Waals surface area contributed by atoms with Gasteiger partial charge in [-0.25, -0.2) is 4.39 Å². The standard InChI is InChI=1S/C16H15ClFNO/c1-10-9-20-15-5-3-2-4-14(15)16(10)19-13-7-11(17)6-12(18)8-13/h2-8,10,16,19H,9H2,1H3. The third kappa shape index (κ3) is 2.59. The Labute approximate surface area is 122 Å². The Morgan fingerprint density at radius 3 is 2.85 bits per heavy atom. The number of ether oxygens (including phenoxy) is 1. The Morgan fingerprint density at radius 1 is 1.25 bits per heavy atom. The molecule has 0 spiro atoms. The van der Waals surface area contributed by atoms with Gasteiger partial charge in [0.1, 0.15) is 11.6 Å². The molecule has 0 aromatic heterocycles. The van der Waals surface area contributed by atoms with Gasteiger partial charge in [0, 0.05) is 22.2 Å². The van der Waals surface area contributed by atoms with Gasteiger partial charge in [-0.1, -0.05) is 36.7 Å². The maximum atomic E-state index is 13.4. The SMILES string of the molecule is CC1COc2ccccc2C1Nc1cc(F)cc(Cl)c1. The molecule has 2 aromatic carbocycles. The Balaban J connectivity index is 1.93. The Bertz CT molecular complexity index is 611. The predicted octanol–water partition coefficient (Wildman–Crippen LogP) is 4.66. The van der Waals surface area contributed by atoms with Gasteiger partial charge in [0.15, 0.2) is 0 Å². The maximum Gasteiger partial charge on any atom is 0.126 e. The number of benzene rings is 2. The van der Waals surface area contributed by atoms with Crippen molar-refractivity contribution in [2.24, 2.45) is 5.92 Å². The Kier molecular flexibility index (Phi) is 3.53. The molecule has 0 saturated carbocycles. The molecule has 1 aliphatic rings. The van der Waals surface area contributed by atoms with Crippen LogP contribution >= 0.6 is 11.6 Å². The normalized spacial score (nSPS) is 20.9. The van der Waals surface area contributed by atoms with Gasteiger partial charge >= 0.3 is 0 Å². The second kappa shape index (κ2) is 5.33. The van der Waals surface area contributed by atoms with Crippen molar-refractivity contribution in [2.45, 2.75) is 13.0 Å². The first kappa shape index (κ1) is 13.3. The summed E-state index contributed by atoms with van der Waals surface area (Å²) in [4.78, 5) is 0. The van der Waals surface area contributed by atoms with Crippen molar-refractivity contribution in [1.82, 2.24) is 0 Å². The van der Waals surface area contributed by atoms with Crippen molar-refractivity contribution < 1.29 is 9.13 Å². The van der Waals surface area contributed by atoms with E-state index >= 15 is 0 Å². The summed E-state index contributed by atoms with van der Waals surface area (Å²) < 4.78 is 19.1. The number of para-hydroxylation sites is 1. The van der Waals surface area contributed by atoms with Crippen LogP contribution in [0.5, 0.6) is 5.75 Å². The molecule has 0 fully saturated rings. The largest absolute Gasteiger partial charge is 0.493 e. The van der Waals surface area contributed by atoms with Crippen molar-refractivity contribution in [1.29, 1.82) is 0 Å². The highest BCUT2D eigenvalue weighted by molar-refractivity contribution is 6.30. The minimum atomic E-state index is -0.340. The molecular weight excluding hydrogens is 277 g/mol. The van der Waals surface area contributed by atoms with Crippen LogP contribution in [0.15, 0.2) is 42.5 Å². The smallest absolute Gasteiger partial charge is 0.126 e. The second-order valence-corrected chi connectivity index (χ2v) is 5.54. The first-order valence-electron chi connectivity index (χ1n) is 6.58. The lowest BCUT2D eigenvalue weighted by atomic mass is 9.92. The van der Waals surface area contributed by atoms with Crippen LogP contribution < -0.4 is 10.1 Å². The monoisotopic (exact) mass is 291 g/mol. The van der Waals surface area contributed by atoms with Crippen LogP contribution in [0.2, 0.25) is 5.02 Å². The van der Waals surface area contributed by atoms with Gasteiger partial charge in [0.2, 0.25) is 0 Å². The van der Waals surface area contributed by atoms with E-state index in [4.69, 9.17) is 16.3 Å². The maximum absolute atomic E-state index is 13.4. The third-order valence-electron chi connectivity index (χ3n) is 3.51. The molecule has 4 heteroatoms. The van der Waals surface area contributed by atoms with E-state index in [-0.39, 0.29) is 17.8 Å². The van der Waals surface area contributed by atoms with Crippen molar-refractivity contribution in [3.05, 3.63) is 58.9 Å². The summed E-state index contributed by atoms with van der Waals surface area (Å²) in [6, 6.07) is 12.5. The lowest BCUT2D eigenvalue weighted by molar-refractivity contribution is 0.214. The van der Waals surface area contributed by atoms with Crippen LogP contribution in [-0.4, -0.2) is 6.61 Å². The summed E-state index contributed by atoms with van der Waals surface area (Å²) in [5.74, 6) is 0.825. The van der Waals surface area contributed by atoms with E-state index in [1.165, 1.54) is 12.1 Å². The van der Waals surface area contributed by atoms with E-state index < -0.39 is 0 Å². The van der Waals surface area contributed by atoms with E-state index in [9.17, 15) is 4.39 Å². The highest BCUT2D eigenvalue weighted by Gasteiger charge is 2.27. The molecule has 1 aliphatic heterocycles. The van der Waals surface area contributed by atoms with E-state index in [0.29, 0.717) is 17.3 Å². The lowest BCUT2D eigenvalue weighted by Gasteiger charge is -2.32. The molecule has 0 aliphatic carbocycles. The topological polar surface area (TPSA) is 21.3 Å². The summed E-state index contributed by atoms with van der Waals surface area (Å²) in [5, 5.41) is 3.75. The average molecular weight is 292 g/mol. The molecule has 0 amide bonds. The van der Waals surface area contributed by atoms with Crippen LogP contribution in [0, 0.1) is 11.7 Å². The number of halogens is 2. The number of rotatable bonds is 2. The van der Waals surface area contributed by atoms with Crippen LogP contribution in [0.1, 0.15) is 18.5 Å². The molecule has 2 nitrogen and oxygen atoms in total. The molecule has 0 bridgehead atoms. The van der Waals surface area contributed by atoms with E-state index in [0.717, 1.165) is 11.3 Å². The summed E-state index contributed by atoms with van der Waals surface area (Å²) in [7, 11) is 0. The molecule has 1 N–H and O–H groups in total. The van der Waals surface area contributed by atoms with E-state index in [2.05, 4.69) is 12.2 Å². The molecule has 0 radical (unpaired) electrons. The zero-order valence-electron chi connectivity index (χ0n) is 11.1. The third-order valence-corrected chi connectivity index (χ3v) is 3.73. The number of nitrogens with one attached hydrogen (secondary N) is 1. The Morgan fingerprint density at radius 2 is 2.05 bits per heavy atom. The van der Waals surface area contributed by atoms with Gasteiger partial charge in [-0.3, -0.25) is 0 Å². The van der Waals surface area contributed by atoms with Crippen molar-refractivity contribution in [3.63, 3.8) is 0 Å². The molecule has 2 unspecified atom stereocenters. The van der Waals surface area contributed by atoms with Crippen molar-refractivity contribution in [3.8, 4) is 5.75 Å². The van der Waals surface area contributed by atoms with Crippen LogP contribution in [0.3, 0.4) is 0 Å². The van der Waals surface area contributed by atoms with Crippen LogP contribution in [-0.2, 0) is 0 Å². The zero-order chi connectivity index (χ0) is 14.1. The molecule has 104 valence electrons. The molecule has 1 heterocycles. The van der Waals surface area contributed by atoms with Gasteiger partial charge in [0.05, 0.1) is 12.6 Å². The van der Waals surface area contributed by atoms with Gasteiger partial charge in [-0.2, -0.15) is 0 Å². The quantitative estimate of drug-likeness (QED) is 0.869. The molecule has 0 saturated heterocycles. The number of hydrogen-bond donors (Lipinski definition) is 1. The number of hydrogen-bond acceptors (Lipinski definition) is 2. The fourth-order valence-corrected chi connectivity index (χ4v) is 2.75. The highest BCUT2D eigenvalue weighted by Crippen LogP contribution is 2.37. The zero-order valence-corrected chi connectivity index (χ0v) is 11.8. The van der Waals surface area contributed by atoms with E-state index in [1.54, 1.807) is 6.07 Å². The van der Waals surface area contributed by atoms with Gasteiger partial charge in [-0.05, 0) is 24.3 Å². The molecular formula is C16H15ClFNO. The Hall–Kier alpha value is -1.74. The number of anilines is 1. The molecule has 2 aromatic rings. The first-order chi connectivity index (χ1) is 9.63. The van der Waals surface area contributed by atoms with Gasteiger partial charge < -0.3 is 10.1 Å². The summed E-state index contributed by atoms with van der Waals surface area (Å²) >= 11 is 5.90. The minimum absolute atomic E-state index is 0.0813. The molecule has 3 rings (SSSR count). The number of fused-ring (bicyclic) bond motifs is 1. The fourth-order valence-electron chi connectivity index (χ4n) is 2.53. The minimum Gasteiger partial charge on any atom is -0.493 e. The first-order valence-corrected chi connectivity index (χ1v) is 6.95. The van der Waals surface area contributed by atoms with Crippen molar-refractivity contribution >= 4 is 17.3 Å². The molecule has 20 heavy (non-hydrogen) atoms. The highest BCUT2D eigenvalue weighted by atomic mass is 35.5. The van der Waals surface area contributed by atoms with Crippen molar-refractivity contribution in [2.75, 3.05) is 11.9 Å². The summed E-state index contributed by atoms with van der Waals surface area (Å²) in [5.41, 5.74) is 1.77. The van der Waals surface area contributed by atoms with E-state index in [1.807, 2.05) is 24.3 Å². The molecule has 2 atom stereocenters.